The SMILES string of the molecule is CCOC(=O)C1=C(C)N[C@]2(C)[C@@H](C(=O)OC(C)(C)C)[C@@H]3c4ccccc4C1[C@@]32C(=O)OCC. The van der Waals surface area contributed by atoms with Crippen molar-refractivity contribution in [3.8, 4) is 0 Å². The first kappa shape index (κ1) is 23.3. The molecule has 4 rings (SSSR count). The Hall–Kier alpha value is -2.83. The summed E-state index contributed by atoms with van der Waals surface area (Å²) in [5.41, 5.74) is -0.0993. The van der Waals surface area contributed by atoms with Gasteiger partial charge in [-0.15, -0.1) is 0 Å². The van der Waals surface area contributed by atoms with E-state index in [1.807, 2.05) is 52.0 Å². The average molecular weight is 456 g/mol. The summed E-state index contributed by atoms with van der Waals surface area (Å²) < 4.78 is 16.8. The molecule has 1 aromatic rings. The Morgan fingerprint density at radius 1 is 1.03 bits per heavy atom. The molecule has 0 spiro atoms. The summed E-state index contributed by atoms with van der Waals surface area (Å²) in [5, 5.41) is 3.39. The maximum Gasteiger partial charge on any atom is 0.336 e. The van der Waals surface area contributed by atoms with Crippen LogP contribution < -0.4 is 5.32 Å². The minimum atomic E-state index is -1.17. The van der Waals surface area contributed by atoms with Gasteiger partial charge in [-0.05, 0) is 59.6 Å². The second-order valence-corrected chi connectivity index (χ2v) is 10.2. The van der Waals surface area contributed by atoms with Crippen molar-refractivity contribution in [1.82, 2.24) is 5.32 Å². The largest absolute Gasteiger partial charge is 0.465 e. The molecule has 1 unspecified atom stereocenters. The lowest BCUT2D eigenvalue weighted by atomic mass is 9.38. The summed E-state index contributed by atoms with van der Waals surface area (Å²) in [6.45, 7) is 13.1. The first-order valence-electron chi connectivity index (χ1n) is 11.6. The Bertz CT molecular complexity index is 1050. The molecule has 0 saturated heterocycles. The zero-order valence-electron chi connectivity index (χ0n) is 20.4. The van der Waals surface area contributed by atoms with Crippen LogP contribution >= 0.6 is 0 Å². The van der Waals surface area contributed by atoms with Gasteiger partial charge in [-0.25, -0.2) is 4.79 Å². The van der Waals surface area contributed by atoms with Gasteiger partial charge in [0.1, 0.15) is 11.0 Å². The van der Waals surface area contributed by atoms with Gasteiger partial charge in [-0.2, -0.15) is 0 Å². The van der Waals surface area contributed by atoms with Crippen molar-refractivity contribution < 1.29 is 28.6 Å². The van der Waals surface area contributed by atoms with Crippen LogP contribution in [-0.2, 0) is 28.6 Å². The number of nitrogens with one attached hydrogen (secondary N) is 1. The predicted octanol–water partition coefficient (Wildman–Crippen LogP) is 3.59. The van der Waals surface area contributed by atoms with Gasteiger partial charge in [0.15, 0.2) is 0 Å². The number of esters is 3. The fourth-order valence-electron chi connectivity index (χ4n) is 6.45. The second-order valence-electron chi connectivity index (χ2n) is 10.2. The molecule has 178 valence electrons. The van der Waals surface area contributed by atoms with Gasteiger partial charge in [0, 0.05) is 17.5 Å². The molecule has 5 atom stereocenters. The lowest BCUT2D eigenvalue weighted by Crippen LogP contribution is -2.80. The van der Waals surface area contributed by atoms with Gasteiger partial charge < -0.3 is 19.5 Å². The van der Waals surface area contributed by atoms with Crippen LogP contribution in [0.25, 0.3) is 0 Å². The summed E-state index contributed by atoms with van der Waals surface area (Å²) in [4.78, 5) is 40.5. The summed E-state index contributed by atoms with van der Waals surface area (Å²) in [7, 11) is 0. The van der Waals surface area contributed by atoms with Crippen LogP contribution in [0, 0.1) is 11.3 Å². The summed E-state index contributed by atoms with van der Waals surface area (Å²) in [5.74, 6) is -2.95. The molecule has 1 heterocycles. The van der Waals surface area contributed by atoms with Gasteiger partial charge in [0.2, 0.25) is 0 Å². The number of hydrogen-bond donors (Lipinski definition) is 1. The molecule has 7 heteroatoms. The van der Waals surface area contributed by atoms with Crippen molar-refractivity contribution in [2.75, 3.05) is 13.2 Å². The van der Waals surface area contributed by atoms with Gasteiger partial charge >= 0.3 is 17.9 Å². The molecule has 7 nitrogen and oxygen atoms in total. The number of benzene rings is 1. The van der Waals surface area contributed by atoms with Crippen molar-refractivity contribution in [3.05, 3.63) is 46.7 Å². The molecule has 33 heavy (non-hydrogen) atoms. The zero-order valence-corrected chi connectivity index (χ0v) is 20.4. The summed E-state index contributed by atoms with van der Waals surface area (Å²) >= 11 is 0. The van der Waals surface area contributed by atoms with E-state index in [9.17, 15) is 14.4 Å². The average Bonchev–Trinajstić information content (AvgIpc) is 2.97. The number of fused-ring (bicyclic) bond motifs is 3. The van der Waals surface area contributed by atoms with Gasteiger partial charge in [-0.1, -0.05) is 24.3 Å². The molecule has 1 fully saturated rings. The van der Waals surface area contributed by atoms with Crippen molar-refractivity contribution >= 4 is 17.9 Å². The summed E-state index contributed by atoms with van der Waals surface area (Å²) in [6, 6.07) is 7.66. The van der Waals surface area contributed by atoms with Crippen LogP contribution in [0.3, 0.4) is 0 Å². The van der Waals surface area contributed by atoms with E-state index in [0.717, 1.165) is 11.1 Å². The van der Waals surface area contributed by atoms with Crippen LogP contribution in [0.5, 0.6) is 0 Å². The molecule has 0 aromatic heterocycles. The molecule has 1 aliphatic heterocycles. The Labute approximate surface area is 194 Å². The maximum absolute atomic E-state index is 13.8. The molecule has 2 aliphatic carbocycles. The minimum absolute atomic E-state index is 0.195. The number of carbonyl (C=O) groups excluding carboxylic acids is 3. The van der Waals surface area contributed by atoms with Crippen LogP contribution in [0.15, 0.2) is 35.5 Å². The lowest BCUT2D eigenvalue weighted by Gasteiger charge is -2.67. The number of rotatable bonds is 5. The van der Waals surface area contributed by atoms with Crippen LogP contribution in [0.2, 0.25) is 0 Å². The van der Waals surface area contributed by atoms with Crippen LogP contribution in [-0.4, -0.2) is 42.3 Å². The molecule has 1 aromatic carbocycles. The highest BCUT2D eigenvalue weighted by Gasteiger charge is 2.84. The van der Waals surface area contributed by atoms with E-state index >= 15 is 0 Å². The maximum atomic E-state index is 13.8. The smallest absolute Gasteiger partial charge is 0.336 e. The van der Waals surface area contributed by atoms with Gasteiger partial charge in [0.25, 0.3) is 0 Å². The highest BCUT2D eigenvalue weighted by molar-refractivity contribution is 6.00. The van der Waals surface area contributed by atoms with E-state index in [1.54, 1.807) is 20.8 Å². The third-order valence-corrected chi connectivity index (χ3v) is 7.31. The first-order chi connectivity index (χ1) is 15.5. The topological polar surface area (TPSA) is 90.9 Å². The molecule has 3 aliphatic rings. The Morgan fingerprint density at radius 2 is 1.64 bits per heavy atom. The van der Waals surface area contributed by atoms with E-state index in [2.05, 4.69) is 5.32 Å². The predicted molar refractivity (Wildman–Crippen MR) is 121 cm³/mol. The number of allylic oxidation sites excluding steroid dienone is 1. The highest BCUT2D eigenvalue weighted by atomic mass is 16.6. The van der Waals surface area contributed by atoms with E-state index in [4.69, 9.17) is 14.2 Å². The van der Waals surface area contributed by atoms with E-state index in [0.29, 0.717) is 11.3 Å². The lowest BCUT2D eigenvalue weighted by molar-refractivity contribution is -0.205. The van der Waals surface area contributed by atoms with E-state index < -0.39 is 46.2 Å². The molecular formula is C26H33NO6. The number of ether oxygens (including phenoxy) is 3. The van der Waals surface area contributed by atoms with Crippen LogP contribution in [0.4, 0.5) is 0 Å². The van der Waals surface area contributed by atoms with Crippen molar-refractivity contribution in [1.29, 1.82) is 0 Å². The van der Waals surface area contributed by atoms with Crippen molar-refractivity contribution in [3.63, 3.8) is 0 Å². The fourth-order valence-corrected chi connectivity index (χ4v) is 6.45. The van der Waals surface area contributed by atoms with Crippen molar-refractivity contribution in [2.45, 2.75) is 71.4 Å². The number of hydrogen-bond acceptors (Lipinski definition) is 7. The quantitative estimate of drug-likeness (QED) is 0.536. The molecule has 0 bridgehead atoms. The van der Waals surface area contributed by atoms with Crippen molar-refractivity contribution in [2.24, 2.45) is 11.3 Å². The monoisotopic (exact) mass is 455 g/mol. The molecule has 0 amide bonds. The minimum Gasteiger partial charge on any atom is -0.465 e. The molecular weight excluding hydrogens is 422 g/mol. The number of carbonyl (C=O) groups is 3. The normalized spacial score (nSPS) is 31.5. The van der Waals surface area contributed by atoms with E-state index in [1.165, 1.54) is 0 Å². The highest BCUT2D eigenvalue weighted by Crippen LogP contribution is 2.77. The first-order valence-corrected chi connectivity index (χ1v) is 11.6. The standard InChI is InChI=1S/C26H33NO6/c1-8-31-21(28)17-14(3)27-25(7)20(22(29)33-24(4,5)6)19-16-13-11-10-12-15(16)18(17)26(19,25)23(30)32-9-2/h10-13,18-20,27H,8-9H2,1-7H3/t18?,19-,20+,25+,26-/m0/s1. The second kappa shape index (κ2) is 7.61. The van der Waals surface area contributed by atoms with E-state index in [-0.39, 0.29) is 19.2 Å². The third kappa shape index (κ3) is 2.97. The molecule has 0 radical (unpaired) electrons. The molecule has 1 N–H and O–H groups in total. The molecule has 1 saturated carbocycles. The van der Waals surface area contributed by atoms with Gasteiger partial charge in [-0.3, -0.25) is 9.59 Å². The van der Waals surface area contributed by atoms with Crippen LogP contribution in [0.1, 0.15) is 71.4 Å². The van der Waals surface area contributed by atoms with Gasteiger partial charge in [0.05, 0.1) is 30.2 Å². The third-order valence-electron chi connectivity index (χ3n) is 7.31. The Balaban J connectivity index is 1.99. The Morgan fingerprint density at radius 3 is 2.21 bits per heavy atom. The fraction of sp³-hybridized carbons (Fsp3) is 0.577. The zero-order chi connectivity index (χ0) is 24.3. The Kier molecular flexibility index (Phi) is 5.38. The summed E-state index contributed by atoms with van der Waals surface area (Å²) in [6.07, 6.45) is 0.